The molecule has 1 aliphatic rings. The van der Waals surface area contributed by atoms with Gasteiger partial charge in [-0.05, 0) is 62.1 Å². The van der Waals surface area contributed by atoms with Crippen molar-refractivity contribution in [2.45, 2.75) is 44.9 Å². The van der Waals surface area contributed by atoms with Crippen molar-refractivity contribution in [1.82, 2.24) is 4.98 Å². The van der Waals surface area contributed by atoms with Crippen molar-refractivity contribution in [3.05, 3.63) is 42.1 Å². The zero-order valence-corrected chi connectivity index (χ0v) is 13.1. The lowest BCUT2D eigenvalue weighted by atomic mass is 9.77. The molecule has 116 valence electrons. The highest BCUT2D eigenvalue weighted by molar-refractivity contribution is 5.82. The molecular weight excluding hydrogens is 274 g/mol. The largest absolute Gasteiger partial charge is 0.466 e. The second-order valence-electron chi connectivity index (χ2n) is 6.14. The van der Waals surface area contributed by atoms with Crippen molar-refractivity contribution in [2.75, 3.05) is 6.61 Å². The van der Waals surface area contributed by atoms with E-state index in [0.29, 0.717) is 24.9 Å². The molecule has 0 spiro atoms. The summed E-state index contributed by atoms with van der Waals surface area (Å²) in [6.45, 7) is 2.35. The van der Waals surface area contributed by atoms with Gasteiger partial charge in [-0.1, -0.05) is 18.2 Å². The van der Waals surface area contributed by atoms with E-state index in [1.165, 1.54) is 10.9 Å². The SMILES string of the molecule is CCOC(=O)CC1CCC(c2ccnc3ccccc23)CC1. The lowest BCUT2D eigenvalue weighted by Gasteiger charge is -2.28. The number of carbonyl (C=O) groups excluding carboxylic acids is 1. The summed E-state index contributed by atoms with van der Waals surface area (Å²) >= 11 is 0. The summed E-state index contributed by atoms with van der Waals surface area (Å²) in [5.74, 6) is 1.04. The summed E-state index contributed by atoms with van der Waals surface area (Å²) in [4.78, 5) is 16.1. The lowest BCUT2D eigenvalue weighted by molar-refractivity contribution is -0.144. The van der Waals surface area contributed by atoms with E-state index >= 15 is 0 Å². The molecule has 0 unspecified atom stereocenters. The summed E-state index contributed by atoms with van der Waals surface area (Å²) in [6, 6.07) is 10.5. The van der Waals surface area contributed by atoms with Crippen LogP contribution in [0.2, 0.25) is 0 Å². The van der Waals surface area contributed by atoms with Gasteiger partial charge >= 0.3 is 5.97 Å². The molecule has 1 fully saturated rings. The monoisotopic (exact) mass is 297 g/mol. The summed E-state index contributed by atoms with van der Waals surface area (Å²) in [7, 11) is 0. The highest BCUT2D eigenvalue weighted by Gasteiger charge is 2.25. The Morgan fingerprint density at radius 2 is 1.95 bits per heavy atom. The third-order valence-electron chi connectivity index (χ3n) is 4.73. The van der Waals surface area contributed by atoms with Gasteiger partial charge in [-0.15, -0.1) is 0 Å². The van der Waals surface area contributed by atoms with E-state index in [-0.39, 0.29) is 5.97 Å². The number of fused-ring (bicyclic) bond motifs is 1. The molecular formula is C19H23NO2. The quantitative estimate of drug-likeness (QED) is 0.782. The van der Waals surface area contributed by atoms with Crippen LogP contribution in [0.15, 0.2) is 36.5 Å². The summed E-state index contributed by atoms with van der Waals surface area (Å²) in [5, 5.41) is 1.28. The fourth-order valence-electron chi connectivity index (χ4n) is 3.61. The van der Waals surface area contributed by atoms with Crippen LogP contribution < -0.4 is 0 Å². The fraction of sp³-hybridized carbons (Fsp3) is 0.474. The van der Waals surface area contributed by atoms with Crippen molar-refractivity contribution in [3.8, 4) is 0 Å². The Morgan fingerprint density at radius 3 is 2.73 bits per heavy atom. The number of esters is 1. The van der Waals surface area contributed by atoms with Crippen LogP contribution in [-0.4, -0.2) is 17.6 Å². The van der Waals surface area contributed by atoms with E-state index in [1.807, 2.05) is 19.2 Å². The van der Waals surface area contributed by atoms with Crippen LogP contribution in [0, 0.1) is 5.92 Å². The number of benzene rings is 1. The number of ether oxygens (including phenoxy) is 1. The first-order valence-electron chi connectivity index (χ1n) is 8.27. The van der Waals surface area contributed by atoms with Gasteiger partial charge in [-0.2, -0.15) is 0 Å². The van der Waals surface area contributed by atoms with Gasteiger partial charge in [0, 0.05) is 18.0 Å². The van der Waals surface area contributed by atoms with Gasteiger partial charge in [0.1, 0.15) is 0 Å². The molecule has 1 saturated carbocycles. The van der Waals surface area contributed by atoms with E-state index in [4.69, 9.17) is 4.74 Å². The second kappa shape index (κ2) is 6.91. The predicted molar refractivity (Wildman–Crippen MR) is 87.7 cm³/mol. The molecule has 3 heteroatoms. The van der Waals surface area contributed by atoms with Gasteiger partial charge in [0.05, 0.1) is 12.1 Å². The number of pyridine rings is 1. The van der Waals surface area contributed by atoms with E-state index in [2.05, 4.69) is 29.2 Å². The van der Waals surface area contributed by atoms with Gasteiger partial charge < -0.3 is 4.74 Å². The average molecular weight is 297 g/mol. The minimum atomic E-state index is -0.0414. The molecule has 1 heterocycles. The Kier molecular flexibility index (Phi) is 4.71. The summed E-state index contributed by atoms with van der Waals surface area (Å²) in [5.41, 5.74) is 2.49. The summed E-state index contributed by atoms with van der Waals surface area (Å²) < 4.78 is 5.07. The third-order valence-corrected chi connectivity index (χ3v) is 4.73. The van der Waals surface area contributed by atoms with Crippen LogP contribution in [0.25, 0.3) is 10.9 Å². The van der Waals surface area contributed by atoms with Crippen molar-refractivity contribution in [3.63, 3.8) is 0 Å². The minimum Gasteiger partial charge on any atom is -0.466 e. The van der Waals surface area contributed by atoms with Crippen molar-refractivity contribution in [2.24, 2.45) is 5.92 Å². The van der Waals surface area contributed by atoms with E-state index in [0.717, 1.165) is 31.2 Å². The highest BCUT2D eigenvalue weighted by atomic mass is 16.5. The average Bonchev–Trinajstić information content (AvgIpc) is 2.55. The van der Waals surface area contributed by atoms with Gasteiger partial charge in [-0.25, -0.2) is 0 Å². The molecule has 1 aromatic heterocycles. The van der Waals surface area contributed by atoms with E-state index in [1.54, 1.807) is 0 Å². The van der Waals surface area contributed by atoms with Crippen LogP contribution in [-0.2, 0) is 9.53 Å². The topological polar surface area (TPSA) is 39.2 Å². The zero-order valence-electron chi connectivity index (χ0n) is 13.1. The standard InChI is InChI=1S/C19H23NO2/c1-2-22-19(21)13-14-7-9-15(10-8-14)16-11-12-20-18-6-4-3-5-17(16)18/h3-6,11-12,14-15H,2,7-10,13H2,1H3. The maximum absolute atomic E-state index is 11.6. The molecule has 0 saturated heterocycles. The summed E-state index contributed by atoms with van der Waals surface area (Å²) in [6.07, 6.45) is 7.02. The van der Waals surface area contributed by atoms with Crippen molar-refractivity contribution < 1.29 is 9.53 Å². The first-order chi connectivity index (χ1) is 10.8. The molecule has 22 heavy (non-hydrogen) atoms. The van der Waals surface area contributed by atoms with Gasteiger partial charge in [0.15, 0.2) is 0 Å². The maximum Gasteiger partial charge on any atom is 0.306 e. The Labute approximate surface area is 131 Å². The molecule has 0 amide bonds. The lowest BCUT2D eigenvalue weighted by Crippen LogP contribution is -2.18. The normalized spacial score (nSPS) is 21.7. The van der Waals surface area contributed by atoms with Crippen LogP contribution in [0.5, 0.6) is 0 Å². The Balaban J connectivity index is 1.67. The smallest absolute Gasteiger partial charge is 0.306 e. The van der Waals surface area contributed by atoms with E-state index < -0.39 is 0 Å². The van der Waals surface area contributed by atoms with E-state index in [9.17, 15) is 4.79 Å². The molecule has 0 radical (unpaired) electrons. The molecule has 0 bridgehead atoms. The van der Waals surface area contributed by atoms with Crippen LogP contribution in [0.1, 0.15) is 50.5 Å². The molecule has 3 rings (SSSR count). The Hall–Kier alpha value is -1.90. The first kappa shape index (κ1) is 15.0. The van der Waals surface area contributed by atoms with Crippen molar-refractivity contribution >= 4 is 16.9 Å². The maximum atomic E-state index is 11.6. The fourth-order valence-corrected chi connectivity index (χ4v) is 3.61. The number of nitrogens with zero attached hydrogens (tertiary/aromatic N) is 1. The molecule has 1 aliphatic carbocycles. The minimum absolute atomic E-state index is 0.0414. The van der Waals surface area contributed by atoms with Crippen LogP contribution in [0.4, 0.5) is 0 Å². The van der Waals surface area contributed by atoms with Crippen LogP contribution in [0.3, 0.4) is 0 Å². The number of para-hydroxylation sites is 1. The second-order valence-corrected chi connectivity index (χ2v) is 6.14. The zero-order chi connectivity index (χ0) is 15.4. The predicted octanol–water partition coefficient (Wildman–Crippen LogP) is 4.46. The number of hydrogen-bond donors (Lipinski definition) is 0. The molecule has 2 aromatic rings. The molecule has 0 atom stereocenters. The molecule has 0 N–H and O–H groups in total. The Bertz CT molecular complexity index is 639. The molecule has 3 nitrogen and oxygen atoms in total. The molecule has 0 aliphatic heterocycles. The number of carbonyl (C=O) groups is 1. The first-order valence-corrected chi connectivity index (χ1v) is 8.27. The molecule has 1 aromatic carbocycles. The van der Waals surface area contributed by atoms with Crippen LogP contribution >= 0.6 is 0 Å². The highest BCUT2D eigenvalue weighted by Crippen LogP contribution is 2.39. The number of hydrogen-bond acceptors (Lipinski definition) is 3. The number of rotatable bonds is 4. The third kappa shape index (κ3) is 3.29. The van der Waals surface area contributed by atoms with Gasteiger partial charge in [0.2, 0.25) is 0 Å². The van der Waals surface area contributed by atoms with Crippen molar-refractivity contribution in [1.29, 1.82) is 0 Å². The van der Waals surface area contributed by atoms with Gasteiger partial charge in [-0.3, -0.25) is 9.78 Å². The van der Waals surface area contributed by atoms with Gasteiger partial charge in [0.25, 0.3) is 0 Å². The number of aromatic nitrogens is 1. The Morgan fingerprint density at radius 1 is 1.18 bits per heavy atom.